The Bertz CT molecular complexity index is 955. The number of halogens is 3. The number of rotatable bonds is 2. The lowest BCUT2D eigenvalue weighted by Gasteiger charge is -2.32. The topological polar surface area (TPSA) is 100 Å². The molecular formula is C16H13F3N4O4. The van der Waals surface area contributed by atoms with Crippen LogP contribution < -0.4 is 9.47 Å². The Morgan fingerprint density at radius 1 is 1.30 bits per heavy atom. The van der Waals surface area contributed by atoms with Crippen molar-refractivity contribution in [2.75, 3.05) is 6.79 Å². The van der Waals surface area contributed by atoms with Crippen molar-refractivity contribution in [1.29, 1.82) is 0 Å². The van der Waals surface area contributed by atoms with Crippen LogP contribution in [0.15, 0.2) is 29.4 Å². The van der Waals surface area contributed by atoms with Gasteiger partial charge in [-0.2, -0.15) is 28.4 Å². The molecule has 0 spiro atoms. The van der Waals surface area contributed by atoms with Crippen LogP contribution in [0.4, 0.5) is 13.2 Å². The molecule has 1 aromatic carbocycles. The van der Waals surface area contributed by atoms with Gasteiger partial charge < -0.3 is 14.6 Å². The molecule has 2 aliphatic heterocycles. The highest BCUT2D eigenvalue weighted by Gasteiger charge is 2.62. The molecule has 1 unspecified atom stereocenters. The first kappa shape index (κ1) is 17.3. The number of H-pyrrole nitrogens is 1. The van der Waals surface area contributed by atoms with Crippen LogP contribution in [0, 0.1) is 0 Å². The number of hydrogen-bond acceptors (Lipinski definition) is 6. The van der Waals surface area contributed by atoms with E-state index in [1.165, 1.54) is 13.0 Å². The maximum Gasteiger partial charge on any atom is 0.438 e. The molecule has 0 saturated heterocycles. The van der Waals surface area contributed by atoms with E-state index in [0.717, 1.165) is 0 Å². The molecule has 2 aromatic rings. The van der Waals surface area contributed by atoms with Crippen LogP contribution in [0.1, 0.15) is 23.8 Å². The van der Waals surface area contributed by atoms with E-state index in [1.54, 1.807) is 18.2 Å². The summed E-state index contributed by atoms with van der Waals surface area (Å²) >= 11 is 0. The van der Waals surface area contributed by atoms with Crippen molar-refractivity contribution in [3.8, 4) is 22.8 Å². The van der Waals surface area contributed by atoms with E-state index in [4.69, 9.17) is 9.47 Å². The van der Waals surface area contributed by atoms with Crippen LogP contribution in [0.2, 0.25) is 0 Å². The van der Waals surface area contributed by atoms with E-state index in [0.29, 0.717) is 22.8 Å². The molecule has 1 aromatic heterocycles. The number of benzene rings is 1. The lowest BCUT2D eigenvalue weighted by molar-refractivity contribution is -0.297. The number of nitrogens with one attached hydrogen (secondary N) is 1. The zero-order valence-electron chi connectivity index (χ0n) is 13.9. The summed E-state index contributed by atoms with van der Waals surface area (Å²) in [7, 11) is 0. The molecule has 0 bridgehead atoms. The second-order valence-electron chi connectivity index (χ2n) is 6.18. The normalized spacial score (nSPS) is 21.5. The Morgan fingerprint density at radius 3 is 2.78 bits per heavy atom. The quantitative estimate of drug-likeness (QED) is 0.830. The second-order valence-corrected chi connectivity index (χ2v) is 6.18. The number of fused-ring (bicyclic) bond motifs is 1. The molecule has 1 amide bonds. The number of ether oxygens (including phenoxy) is 2. The molecule has 27 heavy (non-hydrogen) atoms. The molecule has 2 aliphatic rings. The van der Waals surface area contributed by atoms with Gasteiger partial charge in [0, 0.05) is 17.7 Å². The zero-order valence-corrected chi connectivity index (χ0v) is 13.9. The number of alkyl halides is 3. The van der Waals surface area contributed by atoms with Crippen molar-refractivity contribution in [3.63, 3.8) is 0 Å². The van der Waals surface area contributed by atoms with Crippen molar-refractivity contribution in [1.82, 2.24) is 15.2 Å². The molecule has 4 rings (SSSR count). The molecule has 0 aliphatic carbocycles. The van der Waals surface area contributed by atoms with Gasteiger partial charge in [-0.15, -0.1) is 0 Å². The van der Waals surface area contributed by atoms with E-state index >= 15 is 0 Å². The Morgan fingerprint density at radius 2 is 2.04 bits per heavy atom. The summed E-state index contributed by atoms with van der Waals surface area (Å²) in [5.41, 5.74) is -2.77. The average molecular weight is 382 g/mol. The predicted molar refractivity (Wildman–Crippen MR) is 85.0 cm³/mol. The van der Waals surface area contributed by atoms with Gasteiger partial charge in [-0.25, -0.2) is 0 Å². The summed E-state index contributed by atoms with van der Waals surface area (Å²) in [5.74, 6) is -0.0940. The first-order valence-corrected chi connectivity index (χ1v) is 7.82. The number of aromatic nitrogens is 2. The Hall–Kier alpha value is -3.08. The highest BCUT2D eigenvalue weighted by atomic mass is 19.4. The molecule has 0 radical (unpaired) electrons. The number of aliphatic hydroxyl groups is 1. The minimum Gasteiger partial charge on any atom is -0.454 e. The lowest BCUT2D eigenvalue weighted by atomic mass is 10.1. The zero-order chi connectivity index (χ0) is 19.4. The number of hydrogen-bond donors (Lipinski definition) is 2. The third-order valence-corrected chi connectivity index (χ3v) is 4.25. The third kappa shape index (κ3) is 2.70. The molecule has 1 atom stereocenters. The van der Waals surface area contributed by atoms with Crippen LogP contribution in [-0.4, -0.2) is 50.6 Å². The third-order valence-electron chi connectivity index (χ3n) is 4.25. The number of aromatic amines is 1. The maximum atomic E-state index is 13.3. The monoisotopic (exact) mass is 382 g/mol. The van der Waals surface area contributed by atoms with Crippen LogP contribution in [0.5, 0.6) is 11.5 Å². The summed E-state index contributed by atoms with van der Waals surface area (Å²) in [6.45, 7) is 1.39. The number of carbonyl (C=O) groups excluding carboxylic acids is 1. The summed E-state index contributed by atoms with van der Waals surface area (Å²) in [4.78, 5) is 12.5. The van der Waals surface area contributed by atoms with Gasteiger partial charge in [0.25, 0.3) is 11.6 Å². The first-order chi connectivity index (χ1) is 12.7. The fourth-order valence-corrected chi connectivity index (χ4v) is 2.90. The van der Waals surface area contributed by atoms with Crippen molar-refractivity contribution >= 4 is 11.6 Å². The van der Waals surface area contributed by atoms with Gasteiger partial charge in [0.2, 0.25) is 6.79 Å². The lowest BCUT2D eigenvalue weighted by Crippen LogP contribution is -2.56. The molecule has 11 heteroatoms. The summed E-state index contributed by atoms with van der Waals surface area (Å²) in [6, 6.07) is 6.24. The number of hydrazone groups is 1. The largest absolute Gasteiger partial charge is 0.454 e. The van der Waals surface area contributed by atoms with Gasteiger partial charge in [0.1, 0.15) is 5.69 Å². The van der Waals surface area contributed by atoms with Crippen LogP contribution in [0.25, 0.3) is 11.3 Å². The Kier molecular flexibility index (Phi) is 3.67. The highest BCUT2D eigenvalue weighted by Crippen LogP contribution is 2.41. The van der Waals surface area contributed by atoms with Gasteiger partial charge in [-0.05, 0) is 31.2 Å². The molecule has 2 N–H and O–H groups in total. The number of amides is 1. The van der Waals surface area contributed by atoms with E-state index in [9.17, 15) is 23.1 Å². The number of carbonyl (C=O) groups is 1. The van der Waals surface area contributed by atoms with Crippen LogP contribution >= 0.6 is 0 Å². The van der Waals surface area contributed by atoms with Gasteiger partial charge in [0.05, 0.1) is 5.69 Å². The maximum absolute atomic E-state index is 13.3. The second kappa shape index (κ2) is 5.71. The summed E-state index contributed by atoms with van der Waals surface area (Å²) in [6.07, 6.45) is -5.88. The van der Waals surface area contributed by atoms with E-state index in [-0.39, 0.29) is 23.2 Å². The molecule has 8 nitrogen and oxygen atoms in total. The molecule has 0 saturated carbocycles. The van der Waals surface area contributed by atoms with Gasteiger partial charge in [-0.1, -0.05) is 0 Å². The Labute approximate surface area is 150 Å². The number of nitrogens with zero attached hydrogens (tertiary/aromatic N) is 3. The van der Waals surface area contributed by atoms with Gasteiger partial charge >= 0.3 is 6.18 Å². The molecule has 142 valence electrons. The first-order valence-electron chi connectivity index (χ1n) is 7.82. The minimum atomic E-state index is -5.07. The fourth-order valence-electron chi connectivity index (χ4n) is 2.90. The fraction of sp³-hybridized carbons (Fsp3) is 0.312. The minimum absolute atomic E-state index is 0.0151. The summed E-state index contributed by atoms with van der Waals surface area (Å²) in [5, 5.41) is 20.0. The van der Waals surface area contributed by atoms with E-state index in [1.807, 2.05) is 0 Å². The van der Waals surface area contributed by atoms with Crippen molar-refractivity contribution in [3.05, 3.63) is 30.0 Å². The molecule has 3 heterocycles. The van der Waals surface area contributed by atoms with Crippen molar-refractivity contribution in [2.45, 2.75) is 25.2 Å². The smallest absolute Gasteiger partial charge is 0.438 e. The highest BCUT2D eigenvalue weighted by molar-refractivity contribution is 5.97. The average Bonchev–Trinajstić information content (AvgIpc) is 3.31. The predicted octanol–water partition coefficient (Wildman–Crippen LogP) is 2.28. The standard InChI is InChI=1S/C16H13F3N4O4/c1-8-6-15(25,16(17,18)19)23(22-8)14(24)11-5-10(20-21-11)9-2-3-12-13(4-9)27-7-26-12/h2-5,25H,6-7H2,1H3,(H,20,21). The SMILES string of the molecule is CC1=NN(C(=O)c2cc(-c3ccc4c(c3)OCO4)n[nH]2)C(O)(C(F)(F)F)C1. The Balaban J connectivity index is 1.64. The van der Waals surface area contributed by atoms with Crippen LogP contribution in [-0.2, 0) is 0 Å². The summed E-state index contributed by atoms with van der Waals surface area (Å²) < 4.78 is 50.3. The molecular weight excluding hydrogens is 369 g/mol. The van der Waals surface area contributed by atoms with Gasteiger partial charge in [-0.3, -0.25) is 9.89 Å². The van der Waals surface area contributed by atoms with Crippen LogP contribution in [0.3, 0.4) is 0 Å². The van der Waals surface area contributed by atoms with Gasteiger partial charge in [0.15, 0.2) is 11.5 Å². The van der Waals surface area contributed by atoms with E-state index < -0.39 is 24.2 Å². The van der Waals surface area contributed by atoms with Crippen molar-refractivity contribution < 1.29 is 32.5 Å². The molecule has 0 fully saturated rings. The van der Waals surface area contributed by atoms with Crippen molar-refractivity contribution in [2.24, 2.45) is 5.10 Å². The van der Waals surface area contributed by atoms with E-state index in [2.05, 4.69) is 15.3 Å².